The van der Waals surface area contributed by atoms with Gasteiger partial charge in [-0.2, -0.15) is 0 Å². The maximum absolute atomic E-state index is 12.0. The molecule has 0 bridgehead atoms. The van der Waals surface area contributed by atoms with E-state index in [1.807, 2.05) is 13.8 Å². The number of amides is 1. The van der Waals surface area contributed by atoms with Gasteiger partial charge in [0, 0.05) is 36.5 Å². The summed E-state index contributed by atoms with van der Waals surface area (Å²) in [5, 5.41) is 18.3. The van der Waals surface area contributed by atoms with Crippen molar-refractivity contribution < 1.29 is 14.8 Å². The van der Waals surface area contributed by atoms with Crippen molar-refractivity contribution in [2.45, 2.75) is 13.8 Å². The molecule has 1 aromatic heterocycles. The third kappa shape index (κ3) is 2.59. The molecule has 0 saturated carbocycles. The molecule has 0 aromatic carbocycles. The minimum Gasteiger partial charge on any atom is -0.423 e. The largest absolute Gasteiger partial charge is 0.490 e. The lowest BCUT2D eigenvalue weighted by Crippen LogP contribution is -2.40. The first-order chi connectivity index (χ1) is 7.61. The molecule has 1 heterocycles. The van der Waals surface area contributed by atoms with Crippen LogP contribution in [0.1, 0.15) is 24.2 Å². The fourth-order valence-corrected chi connectivity index (χ4v) is 1.49. The summed E-state index contributed by atoms with van der Waals surface area (Å²) in [7, 11) is -1.68. The number of nitrogens with zero attached hydrogens (tertiary/aromatic N) is 2. The van der Waals surface area contributed by atoms with Crippen LogP contribution in [0, 0.1) is 0 Å². The van der Waals surface area contributed by atoms with Crippen molar-refractivity contribution in [1.29, 1.82) is 0 Å². The molecule has 16 heavy (non-hydrogen) atoms. The summed E-state index contributed by atoms with van der Waals surface area (Å²) in [6, 6.07) is 1.50. The molecule has 0 aliphatic rings. The molecule has 1 rings (SSSR count). The average Bonchev–Trinajstić information content (AvgIpc) is 2.30. The first-order valence-corrected chi connectivity index (χ1v) is 5.21. The molecule has 0 unspecified atom stereocenters. The fourth-order valence-electron chi connectivity index (χ4n) is 1.49. The van der Waals surface area contributed by atoms with E-state index in [0.29, 0.717) is 13.1 Å². The first kappa shape index (κ1) is 12.7. The average molecular weight is 222 g/mol. The summed E-state index contributed by atoms with van der Waals surface area (Å²) in [5.41, 5.74) is 0.424. The number of hydrogen-bond acceptors (Lipinski definition) is 4. The number of hydrogen-bond donors (Lipinski definition) is 2. The van der Waals surface area contributed by atoms with Crippen LogP contribution in [0.3, 0.4) is 0 Å². The Morgan fingerprint density at radius 3 is 2.56 bits per heavy atom. The number of carbonyl (C=O) groups is 1. The summed E-state index contributed by atoms with van der Waals surface area (Å²) in [4.78, 5) is 17.4. The molecule has 5 nitrogen and oxygen atoms in total. The highest BCUT2D eigenvalue weighted by atomic mass is 16.4. The summed E-state index contributed by atoms with van der Waals surface area (Å²) in [6.45, 7) is 4.91. The molecule has 0 atom stereocenters. The number of carbonyl (C=O) groups excluding carboxylic acids is 1. The van der Waals surface area contributed by atoms with E-state index < -0.39 is 7.12 Å². The van der Waals surface area contributed by atoms with Crippen LogP contribution >= 0.6 is 0 Å². The fraction of sp³-hybridized carbons (Fsp3) is 0.400. The van der Waals surface area contributed by atoms with Gasteiger partial charge in [-0.1, -0.05) is 0 Å². The number of aromatic nitrogens is 1. The monoisotopic (exact) mass is 222 g/mol. The molecule has 0 saturated heterocycles. The standard InChI is InChI=1S/C10H15BN2O3/c1-3-13(4-2)10(14)8-5-6-12-7-9(8)11(15)16/h5-7,15-16H,3-4H2,1-2H3. The van der Waals surface area contributed by atoms with Gasteiger partial charge >= 0.3 is 7.12 Å². The second kappa shape index (κ2) is 5.62. The summed E-state index contributed by atoms with van der Waals surface area (Å²) in [6.07, 6.45) is 2.75. The SMILES string of the molecule is CCN(CC)C(=O)c1ccncc1B(O)O. The Hall–Kier alpha value is -1.40. The van der Waals surface area contributed by atoms with Crippen LogP contribution in [0.5, 0.6) is 0 Å². The molecule has 6 heteroatoms. The van der Waals surface area contributed by atoms with Crippen molar-refractivity contribution in [3.05, 3.63) is 24.0 Å². The normalized spacial score (nSPS) is 10.0. The maximum atomic E-state index is 12.0. The van der Waals surface area contributed by atoms with E-state index in [1.54, 1.807) is 4.90 Å². The Balaban J connectivity index is 3.07. The summed E-state index contributed by atoms with van der Waals surface area (Å²) in [5.74, 6) is -0.212. The van der Waals surface area contributed by atoms with Gasteiger partial charge in [0.1, 0.15) is 0 Å². The van der Waals surface area contributed by atoms with Crippen molar-refractivity contribution in [3.63, 3.8) is 0 Å². The van der Waals surface area contributed by atoms with Gasteiger partial charge in [-0.25, -0.2) is 0 Å². The van der Waals surface area contributed by atoms with Crippen molar-refractivity contribution >= 4 is 18.5 Å². The second-order valence-electron chi connectivity index (χ2n) is 3.31. The predicted molar refractivity (Wildman–Crippen MR) is 61.3 cm³/mol. The minimum atomic E-state index is -1.68. The lowest BCUT2D eigenvalue weighted by atomic mass is 9.78. The highest BCUT2D eigenvalue weighted by Gasteiger charge is 2.22. The molecule has 0 aliphatic carbocycles. The van der Waals surface area contributed by atoms with Crippen molar-refractivity contribution in [1.82, 2.24) is 9.88 Å². The van der Waals surface area contributed by atoms with E-state index in [1.165, 1.54) is 18.5 Å². The summed E-state index contributed by atoms with van der Waals surface area (Å²) >= 11 is 0. The third-order valence-corrected chi connectivity index (χ3v) is 2.41. The van der Waals surface area contributed by atoms with Gasteiger partial charge in [-0.3, -0.25) is 9.78 Å². The van der Waals surface area contributed by atoms with Crippen LogP contribution in [-0.4, -0.2) is 46.0 Å². The lowest BCUT2D eigenvalue weighted by molar-refractivity contribution is 0.0773. The van der Waals surface area contributed by atoms with Gasteiger partial charge in [0.15, 0.2) is 0 Å². The molecule has 86 valence electrons. The van der Waals surface area contributed by atoms with Crippen LogP contribution in [0.25, 0.3) is 0 Å². The van der Waals surface area contributed by atoms with Gasteiger partial charge in [0.2, 0.25) is 0 Å². The maximum Gasteiger partial charge on any atom is 0.490 e. The Bertz CT molecular complexity index is 367. The van der Waals surface area contributed by atoms with Gasteiger partial charge in [-0.05, 0) is 19.9 Å². The lowest BCUT2D eigenvalue weighted by Gasteiger charge is -2.20. The molecule has 0 spiro atoms. The van der Waals surface area contributed by atoms with E-state index in [9.17, 15) is 4.79 Å². The van der Waals surface area contributed by atoms with E-state index in [-0.39, 0.29) is 16.9 Å². The molecular weight excluding hydrogens is 207 g/mol. The van der Waals surface area contributed by atoms with E-state index >= 15 is 0 Å². The molecule has 0 aliphatic heterocycles. The van der Waals surface area contributed by atoms with Crippen molar-refractivity contribution in [2.24, 2.45) is 0 Å². The van der Waals surface area contributed by atoms with Crippen LogP contribution in [0.4, 0.5) is 0 Å². The zero-order valence-electron chi connectivity index (χ0n) is 9.42. The molecule has 2 N–H and O–H groups in total. The quantitative estimate of drug-likeness (QED) is 0.657. The van der Waals surface area contributed by atoms with Crippen LogP contribution in [0.2, 0.25) is 0 Å². The molecule has 1 aromatic rings. The number of pyridine rings is 1. The minimum absolute atomic E-state index is 0.138. The Morgan fingerprint density at radius 2 is 2.06 bits per heavy atom. The molecule has 0 radical (unpaired) electrons. The Kier molecular flexibility index (Phi) is 4.45. The highest BCUT2D eigenvalue weighted by Crippen LogP contribution is 2.02. The second-order valence-corrected chi connectivity index (χ2v) is 3.31. The van der Waals surface area contributed by atoms with Crippen LogP contribution in [0.15, 0.2) is 18.5 Å². The van der Waals surface area contributed by atoms with E-state index in [4.69, 9.17) is 10.0 Å². The van der Waals surface area contributed by atoms with Crippen molar-refractivity contribution in [3.8, 4) is 0 Å². The van der Waals surface area contributed by atoms with Gasteiger partial charge in [0.25, 0.3) is 5.91 Å². The zero-order valence-corrected chi connectivity index (χ0v) is 9.42. The third-order valence-electron chi connectivity index (χ3n) is 2.41. The molecular formula is C10H15BN2O3. The van der Waals surface area contributed by atoms with Gasteiger partial charge < -0.3 is 14.9 Å². The summed E-state index contributed by atoms with van der Waals surface area (Å²) < 4.78 is 0. The van der Waals surface area contributed by atoms with E-state index in [2.05, 4.69) is 4.98 Å². The number of rotatable bonds is 4. The predicted octanol–water partition coefficient (Wildman–Crippen LogP) is -0.757. The highest BCUT2D eigenvalue weighted by molar-refractivity contribution is 6.60. The van der Waals surface area contributed by atoms with E-state index in [0.717, 1.165) is 0 Å². The molecule has 1 amide bonds. The molecule has 0 fully saturated rings. The van der Waals surface area contributed by atoms with Crippen LogP contribution in [-0.2, 0) is 0 Å². The van der Waals surface area contributed by atoms with Gasteiger partial charge in [-0.15, -0.1) is 0 Å². The zero-order chi connectivity index (χ0) is 12.1. The topological polar surface area (TPSA) is 73.7 Å². The smallest absolute Gasteiger partial charge is 0.423 e. The van der Waals surface area contributed by atoms with Crippen molar-refractivity contribution in [2.75, 3.05) is 13.1 Å². The van der Waals surface area contributed by atoms with Gasteiger partial charge in [0.05, 0.1) is 0 Å². The Labute approximate surface area is 94.9 Å². The first-order valence-electron chi connectivity index (χ1n) is 5.21. The van der Waals surface area contributed by atoms with Crippen LogP contribution < -0.4 is 5.46 Å². The Morgan fingerprint density at radius 1 is 1.44 bits per heavy atom.